The third-order valence-corrected chi connectivity index (χ3v) is 5.64. The molecule has 1 aliphatic rings. The molecule has 0 spiro atoms. The minimum absolute atomic E-state index is 0.00643. The van der Waals surface area contributed by atoms with Crippen molar-refractivity contribution in [1.29, 1.82) is 5.26 Å². The van der Waals surface area contributed by atoms with Crippen molar-refractivity contribution >= 4 is 22.0 Å². The number of nitriles is 1. The average Bonchev–Trinajstić information content (AvgIpc) is 3.08. The molecule has 3 aromatic carbocycles. The fourth-order valence-corrected chi connectivity index (χ4v) is 4.17. The SMILES string of the molecule is CS(=O)(=O)Oc1ccc(C2(c3ccc(F)c(-c4cc(C#N)ccc4F)c3)N=C(N)NC2=O)cc1. The number of amides is 1. The van der Waals surface area contributed by atoms with E-state index in [9.17, 15) is 22.0 Å². The highest BCUT2D eigenvalue weighted by Gasteiger charge is 2.47. The first kappa shape index (κ1) is 22.9. The number of carbonyl (C=O) groups is 1. The van der Waals surface area contributed by atoms with Crippen molar-refractivity contribution in [3.63, 3.8) is 0 Å². The van der Waals surface area contributed by atoms with Crippen LogP contribution in [0.2, 0.25) is 0 Å². The Labute approximate surface area is 193 Å². The quantitative estimate of drug-likeness (QED) is 0.537. The van der Waals surface area contributed by atoms with E-state index in [0.717, 1.165) is 18.4 Å². The van der Waals surface area contributed by atoms with Gasteiger partial charge in [-0.2, -0.15) is 13.7 Å². The Morgan fingerprint density at radius 2 is 1.59 bits per heavy atom. The lowest BCUT2D eigenvalue weighted by molar-refractivity contribution is -0.122. The lowest BCUT2D eigenvalue weighted by Gasteiger charge is -2.25. The van der Waals surface area contributed by atoms with E-state index < -0.39 is 33.2 Å². The summed E-state index contributed by atoms with van der Waals surface area (Å²) in [6.07, 6.45) is 0.887. The number of hydrogen-bond donors (Lipinski definition) is 2. The van der Waals surface area contributed by atoms with E-state index in [1.165, 1.54) is 48.5 Å². The summed E-state index contributed by atoms with van der Waals surface area (Å²) in [5.74, 6) is -2.37. The molecule has 1 heterocycles. The number of halogens is 2. The maximum Gasteiger partial charge on any atom is 0.306 e. The number of nitrogens with two attached hydrogens (primary N) is 1. The maximum absolute atomic E-state index is 14.8. The zero-order chi connectivity index (χ0) is 24.7. The number of carbonyl (C=O) groups excluding carboxylic acids is 1. The molecule has 3 aromatic rings. The molecule has 1 amide bonds. The number of nitrogens with one attached hydrogen (secondary N) is 1. The van der Waals surface area contributed by atoms with Gasteiger partial charge in [-0.05, 0) is 53.6 Å². The van der Waals surface area contributed by atoms with E-state index >= 15 is 0 Å². The lowest BCUT2D eigenvalue weighted by atomic mass is 9.81. The number of guanidine groups is 1. The van der Waals surface area contributed by atoms with Crippen molar-refractivity contribution in [2.75, 3.05) is 6.26 Å². The standard InChI is InChI=1S/C23H16F2N4O4S/c1-34(31,32)33-16-6-3-14(4-7-16)23(21(30)28-22(27)29-23)15-5-9-20(25)18(11-15)17-10-13(12-26)2-8-19(17)24/h2-11H,1H3,(H3,27,28,29,30). The summed E-state index contributed by atoms with van der Waals surface area (Å²) in [5, 5.41) is 11.6. The Morgan fingerprint density at radius 1 is 1.00 bits per heavy atom. The molecule has 0 fully saturated rings. The van der Waals surface area contributed by atoms with Crippen molar-refractivity contribution in [1.82, 2.24) is 5.32 Å². The monoisotopic (exact) mass is 482 g/mol. The van der Waals surface area contributed by atoms with Crippen LogP contribution in [0.15, 0.2) is 65.7 Å². The van der Waals surface area contributed by atoms with E-state index in [2.05, 4.69) is 10.3 Å². The zero-order valence-electron chi connectivity index (χ0n) is 17.5. The largest absolute Gasteiger partial charge is 0.383 e. The molecule has 11 heteroatoms. The second-order valence-electron chi connectivity index (χ2n) is 7.47. The second kappa shape index (κ2) is 8.24. The normalized spacial score (nSPS) is 17.6. The highest BCUT2D eigenvalue weighted by molar-refractivity contribution is 7.86. The van der Waals surface area contributed by atoms with Gasteiger partial charge in [0.1, 0.15) is 17.4 Å². The number of aliphatic imine (C=N–C) groups is 1. The molecule has 1 atom stereocenters. The van der Waals surface area contributed by atoms with Gasteiger partial charge in [0.05, 0.1) is 17.9 Å². The van der Waals surface area contributed by atoms with Gasteiger partial charge in [-0.3, -0.25) is 10.1 Å². The van der Waals surface area contributed by atoms with Gasteiger partial charge >= 0.3 is 10.1 Å². The highest BCUT2D eigenvalue weighted by atomic mass is 32.2. The first-order chi connectivity index (χ1) is 16.0. The van der Waals surface area contributed by atoms with Crippen LogP contribution in [-0.2, 0) is 20.5 Å². The highest BCUT2D eigenvalue weighted by Crippen LogP contribution is 2.40. The number of rotatable bonds is 5. The minimum Gasteiger partial charge on any atom is -0.383 e. The van der Waals surface area contributed by atoms with E-state index in [0.29, 0.717) is 0 Å². The number of nitrogens with zero attached hydrogens (tertiary/aromatic N) is 2. The van der Waals surface area contributed by atoms with Gasteiger partial charge in [0, 0.05) is 11.1 Å². The van der Waals surface area contributed by atoms with Crippen molar-refractivity contribution in [2.45, 2.75) is 5.54 Å². The molecule has 172 valence electrons. The van der Waals surface area contributed by atoms with Crippen LogP contribution >= 0.6 is 0 Å². The average molecular weight is 482 g/mol. The fourth-order valence-electron chi connectivity index (χ4n) is 3.71. The van der Waals surface area contributed by atoms with Gasteiger partial charge in [-0.1, -0.05) is 18.2 Å². The Kier molecular flexibility index (Phi) is 5.54. The predicted octanol–water partition coefficient (Wildman–Crippen LogP) is 2.53. The third-order valence-electron chi connectivity index (χ3n) is 5.15. The number of hydrogen-bond acceptors (Lipinski definition) is 7. The summed E-state index contributed by atoms with van der Waals surface area (Å²) in [7, 11) is -3.77. The van der Waals surface area contributed by atoms with E-state index in [-0.39, 0.29) is 39.5 Å². The van der Waals surface area contributed by atoms with E-state index in [4.69, 9.17) is 15.2 Å². The molecule has 0 radical (unpaired) electrons. The van der Waals surface area contributed by atoms with Gasteiger partial charge in [0.25, 0.3) is 5.91 Å². The Morgan fingerprint density at radius 3 is 2.15 bits per heavy atom. The second-order valence-corrected chi connectivity index (χ2v) is 9.05. The smallest absolute Gasteiger partial charge is 0.306 e. The maximum atomic E-state index is 14.8. The van der Waals surface area contributed by atoms with Gasteiger partial charge in [-0.25, -0.2) is 13.8 Å². The molecule has 1 unspecified atom stereocenters. The van der Waals surface area contributed by atoms with Crippen LogP contribution in [0.5, 0.6) is 5.75 Å². The van der Waals surface area contributed by atoms with Crippen molar-refractivity contribution in [3.8, 4) is 22.9 Å². The summed E-state index contributed by atoms with van der Waals surface area (Å²) in [5.41, 5.74) is 4.22. The zero-order valence-corrected chi connectivity index (χ0v) is 18.4. The van der Waals surface area contributed by atoms with Crippen LogP contribution < -0.4 is 15.2 Å². The predicted molar refractivity (Wildman–Crippen MR) is 119 cm³/mol. The van der Waals surface area contributed by atoms with Crippen molar-refractivity contribution in [2.24, 2.45) is 10.7 Å². The summed E-state index contributed by atoms with van der Waals surface area (Å²) in [4.78, 5) is 17.4. The number of benzene rings is 3. The molecule has 0 bridgehead atoms. The van der Waals surface area contributed by atoms with Gasteiger partial charge in [0.2, 0.25) is 0 Å². The van der Waals surface area contributed by atoms with Crippen LogP contribution in [0.3, 0.4) is 0 Å². The first-order valence-electron chi connectivity index (χ1n) is 9.70. The van der Waals surface area contributed by atoms with Gasteiger partial charge in [-0.15, -0.1) is 0 Å². The Bertz CT molecular complexity index is 1500. The van der Waals surface area contributed by atoms with Gasteiger partial charge in [0.15, 0.2) is 11.5 Å². The van der Waals surface area contributed by atoms with Gasteiger partial charge < -0.3 is 9.92 Å². The third kappa shape index (κ3) is 4.06. The van der Waals surface area contributed by atoms with Crippen LogP contribution in [0.1, 0.15) is 16.7 Å². The minimum atomic E-state index is -3.77. The summed E-state index contributed by atoms with van der Waals surface area (Å²) < 4.78 is 56.9. The Balaban J connectivity index is 1.90. The Hall–Kier alpha value is -4.30. The van der Waals surface area contributed by atoms with Crippen LogP contribution in [0.25, 0.3) is 11.1 Å². The van der Waals surface area contributed by atoms with Crippen molar-refractivity contribution in [3.05, 3.63) is 89.0 Å². The summed E-state index contributed by atoms with van der Waals surface area (Å²) in [6, 6.07) is 14.5. The molecular formula is C23H16F2N4O4S. The molecule has 1 aliphatic heterocycles. The summed E-state index contributed by atoms with van der Waals surface area (Å²) in [6.45, 7) is 0. The molecule has 0 aliphatic carbocycles. The van der Waals surface area contributed by atoms with Crippen LogP contribution in [0.4, 0.5) is 8.78 Å². The molecule has 0 saturated heterocycles. The lowest BCUT2D eigenvalue weighted by Crippen LogP contribution is -2.39. The van der Waals surface area contributed by atoms with E-state index in [1.54, 1.807) is 0 Å². The van der Waals surface area contributed by atoms with Crippen LogP contribution in [0, 0.1) is 23.0 Å². The molecule has 0 aromatic heterocycles. The summed E-state index contributed by atoms with van der Waals surface area (Å²) >= 11 is 0. The molecule has 34 heavy (non-hydrogen) atoms. The van der Waals surface area contributed by atoms with Crippen LogP contribution in [-0.4, -0.2) is 26.5 Å². The topological polar surface area (TPSA) is 135 Å². The van der Waals surface area contributed by atoms with E-state index in [1.807, 2.05) is 6.07 Å². The molecule has 3 N–H and O–H groups in total. The fraction of sp³-hybridized carbons (Fsp3) is 0.0870. The van der Waals surface area contributed by atoms with Crippen molar-refractivity contribution < 1.29 is 26.2 Å². The molecule has 8 nitrogen and oxygen atoms in total. The molecular weight excluding hydrogens is 466 g/mol. The first-order valence-corrected chi connectivity index (χ1v) is 11.5. The molecule has 4 rings (SSSR count). The molecule has 0 saturated carbocycles.